The van der Waals surface area contributed by atoms with Crippen molar-refractivity contribution in [1.29, 1.82) is 0 Å². The number of hydrogen-bond acceptors (Lipinski definition) is 3. The summed E-state index contributed by atoms with van der Waals surface area (Å²) in [5.74, 6) is -1.15. The summed E-state index contributed by atoms with van der Waals surface area (Å²) >= 11 is 5.94. The second-order valence-corrected chi connectivity index (χ2v) is 5.46. The lowest BCUT2D eigenvalue weighted by molar-refractivity contribution is -0.123. The van der Waals surface area contributed by atoms with Gasteiger partial charge < -0.3 is 15.2 Å². The molecule has 1 rings (SSSR count). The van der Waals surface area contributed by atoms with Gasteiger partial charge in [-0.25, -0.2) is 4.79 Å². The molecule has 0 heterocycles. The molecule has 19 heavy (non-hydrogen) atoms. The van der Waals surface area contributed by atoms with E-state index in [-0.39, 0.29) is 27.9 Å². The van der Waals surface area contributed by atoms with Crippen LogP contribution in [-0.4, -0.2) is 24.1 Å². The summed E-state index contributed by atoms with van der Waals surface area (Å²) in [4.78, 5) is 22.9. The van der Waals surface area contributed by atoms with Gasteiger partial charge in [0.05, 0.1) is 23.4 Å². The molecule has 0 saturated carbocycles. The Labute approximate surface area is 116 Å². The van der Waals surface area contributed by atoms with Crippen LogP contribution in [0.25, 0.3) is 0 Å². The standard InChI is InChI=1S/C13H16ClNO4/c1-13(2,3)12(18)15-9-6-7(11(16)17)5-8(14)10(9)19-4/h5-6H,1-4H3,(H,15,18)(H,16,17). The van der Waals surface area contributed by atoms with E-state index in [0.29, 0.717) is 0 Å². The fourth-order valence-electron chi connectivity index (χ4n) is 1.33. The third kappa shape index (κ3) is 3.61. The van der Waals surface area contributed by atoms with Crippen LogP contribution in [0.2, 0.25) is 5.02 Å². The molecular weight excluding hydrogens is 270 g/mol. The minimum atomic E-state index is -1.13. The third-order valence-electron chi connectivity index (χ3n) is 2.42. The summed E-state index contributed by atoms with van der Waals surface area (Å²) in [6.45, 7) is 5.24. The molecule has 0 aliphatic heterocycles. The van der Waals surface area contributed by atoms with E-state index in [1.807, 2.05) is 0 Å². The maximum Gasteiger partial charge on any atom is 0.335 e. The Morgan fingerprint density at radius 2 is 1.89 bits per heavy atom. The van der Waals surface area contributed by atoms with Crippen LogP contribution in [0.1, 0.15) is 31.1 Å². The van der Waals surface area contributed by atoms with Crippen LogP contribution in [0.5, 0.6) is 5.75 Å². The van der Waals surface area contributed by atoms with Gasteiger partial charge >= 0.3 is 5.97 Å². The summed E-state index contributed by atoms with van der Waals surface area (Å²) in [5.41, 5.74) is -0.390. The predicted molar refractivity (Wildman–Crippen MR) is 73.0 cm³/mol. The number of ether oxygens (including phenoxy) is 1. The highest BCUT2D eigenvalue weighted by molar-refractivity contribution is 6.33. The molecular formula is C13H16ClNO4. The number of amides is 1. The van der Waals surface area contributed by atoms with E-state index < -0.39 is 11.4 Å². The van der Waals surface area contributed by atoms with Crippen LogP contribution in [0.3, 0.4) is 0 Å². The molecule has 0 unspecified atom stereocenters. The number of carboxylic acid groups (broad SMARTS) is 1. The van der Waals surface area contributed by atoms with Crippen LogP contribution in [0.15, 0.2) is 12.1 Å². The van der Waals surface area contributed by atoms with E-state index >= 15 is 0 Å². The summed E-state index contributed by atoms with van der Waals surface area (Å²) in [5, 5.41) is 11.7. The zero-order valence-corrected chi connectivity index (χ0v) is 12.0. The molecule has 0 bridgehead atoms. The van der Waals surface area contributed by atoms with Gasteiger partial charge in [0.1, 0.15) is 0 Å². The first-order chi connectivity index (χ1) is 8.66. The van der Waals surface area contributed by atoms with Crippen molar-refractivity contribution in [2.75, 3.05) is 12.4 Å². The van der Waals surface area contributed by atoms with Crippen molar-refractivity contribution in [2.45, 2.75) is 20.8 Å². The Morgan fingerprint density at radius 3 is 2.32 bits per heavy atom. The van der Waals surface area contributed by atoms with E-state index in [2.05, 4.69) is 5.32 Å². The fraction of sp³-hybridized carbons (Fsp3) is 0.385. The van der Waals surface area contributed by atoms with Gasteiger partial charge in [-0.2, -0.15) is 0 Å². The van der Waals surface area contributed by atoms with Gasteiger partial charge in [0.2, 0.25) is 5.91 Å². The van der Waals surface area contributed by atoms with Gasteiger partial charge in [-0.15, -0.1) is 0 Å². The molecule has 1 amide bonds. The molecule has 0 radical (unpaired) electrons. The molecule has 0 saturated heterocycles. The molecule has 0 fully saturated rings. The Balaban J connectivity index is 3.24. The van der Waals surface area contributed by atoms with Gasteiger partial charge in [0, 0.05) is 5.41 Å². The lowest BCUT2D eigenvalue weighted by Gasteiger charge is -2.19. The third-order valence-corrected chi connectivity index (χ3v) is 2.70. The number of halogens is 1. The summed E-state index contributed by atoms with van der Waals surface area (Å²) in [7, 11) is 1.40. The summed E-state index contributed by atoms with van der Waals surface area (Å²) < 4.78 is 5.08. The van der Waals surface area contributed by atoms with Gasteiger partial charge in [-0.3, -0.25) is 4.79 Å². The molecule has 104 valence electrons. The Bertz CT molecular complexity index is 520. The van der Waals surface area contributed by atoms with Crippen molar-refractivity contribution in [3.05, 3.63) is 22.7 Å². The van der Waals surface area contributed by atoms with Gasteiger partial charge in [-0.05, 0) is 12.1 Å². The Hall–Kier alpha value is -1.75. The fourth-order valence-corrected chi connectivity index (χ4v) is 1.62. The number of methoxy groups -OCH3 is 1. The van der Waals surface area contributed by atoms with Crippen molar-refractivity contribution >= 4 is 29.2 Å². The van der Waals surface area contributed by atoms with Crippen LogP contribution in [-0.2, 0) is 4.79 Å². The number of aromatic carboxylic acids is 1. The molecule has 5 nitrogen and oxygen atoms in total. The van der Waals surface area contributed by atoms with E-state index in [0.717, 1.165) is 0 Å². The molecule has 0 aromatic heterocycles. The van der Waals surface area contributed by atoms with Crippen LogP contribution >= 0.6 is 11.6 Å². The highest BCUT2D eigenvalue weighted by Crippen LogP contribution is 2.35. The van der Waals surface area contributed by atoms with Crippen LogP contribution in [0, 0.1) is 5.41 Å². The van der Waals surface area contributed by atoms with Crippen LogP contribution in [0.4, 0.5) is 5.69 Å². The molecule has 1 aromatic carbocycles. The first kappa shape index (κ1) is 15.3. The minimum Gasteiger partial charge on any atom is -0.493 e. The number of rotatable bonds is 3. The minimum absolute atomic E-state index is 0.0185. The maximum atomic E-state index is 11.9. The highest BCUT2D eigenvalue weighted by atomic mass is 35.5. The second-order valence-electron chi connectivity index (χ2n) is 5.05. The van der Waals surface area contributed by atoms with Crippen molar-refractivity contribution in [3.63, 3.8) is 0 Å². The molecule has 0 aliphatic rings. The zero-order valence-electron chi connectivity index (χ0n) is 11.2. The van der Waals surface area contributed by atoms with Crippen LogP contribution < -0.4 is 10.1 Å². The van der Waals surface area contributed by atoms with Gasteiger partial charge in [0.25, 0.3) is 0 Å². The molecule has 6 heteroatoms. The first-order valence-electron chi connectivity index (χ1n) is 5.59. The number of benzene rings is 1. The number of carboxylic acids is 1. The van der Waals surface area contributed by atoms with E-state index in [1.165, 1.54) is 19.2 Å². The van der Waals surface area contributed by atoms with Crippen molar-refractivity contribution in [1.82, 2.24) is 0 Å². The Morgan fingerprint density at radius 1 is 1.32 bits per heavy atom. The number of carbonyl (C=O) groups is 2. The molecule has 2 N–H and O–H groups in total. The van der Waals surface area contributed by atoms with Crippen molar-refractivity contribution in [3.8, 4) is 5.75 Å². The topological polar surface area (TPSA) is 75.6 Å². The summed E-state index contributed by atoms with van der Waals surface area (Å²) in [6.07, 6.45) is 0. The number of hydrogen-bond donors (Lipinski definition) is 2. The van der Waals surface area contributed by atoms with Crippen molar-refractivity contribution in [2.24, 2.45) is 5.41 Å². The van der Waals surface area contributed by atoms with E-state index in [4.69, 9.17) is 21.4 Å². The highest BCUT2D eigenvalue weighted by Gasteiger charge is 2.23. The Kier molecular flexibility index (Phi) is 4.42. The maximum absolute atomic E-state index is 11.9. The molecule has 0 aliphatic carbocycles. The normalized spacial score (nSPS) is 11.0. The van der Waals surface area contributed by atoms with Gasteiger partial charge in [0.15, 0.2) is 5.75 Å². The predicted octanol–water partition coefficient (Wildman–Crippen LogP) is 3.03. The lowest BCUT2D eigenvalue weighted by atomic mass is 9.95. The lowest BCUT2D eigenvalue weighted by Crippen LogP contribution is -2.28. The van der Waals surface area contributed by atoms with E-state index in [9.17, 15) is 9.59 Å². The molecule has 0 atom stereocenters. The molecule has 1 aromatic rings. The summed E-state index contributed by atoms with van der Waals surface area (Å²) in [6, 6.07) is 2.59. The quantitative estimate of drug-likeness (QED) is 0.895. The average molecular weight is 286 g/mol. The van der Waals surface area contributed by atoms with Crippen molar-refractivity contribution < 1.29 is 19.4 Å². The SMILES string of the molecule is COc1c(Cl)cc(C(=O)O)cc1NC(=O)C(C)(C)C. The van der Waals surface area contributed by atoms with E-state index in [1.54, 1.807) is 20.8 Å². The average Bonchev–Trinajstić information content (AvgIpc) is 2.27. The smallest absolute Gasteiger partial charge is 0.335 e. The number of nitrogens with one attached hydrogen (secondary N) is 1. The molecule has 0 spiro atoms. The second kappa shape index (κ2) is 5.48. The number of carbonyl (C=O) groups excluding carboxylic acids is 1. The number of anilines is 1. The van der Waals surface area contributed by atoms with Gasteiger partial charge in [-0.1, -0.05) is 32.4 Å². The largest absolute Gasteiger partial charge is 0.493 e. The monoisotopic (exact) mass is 285 g/mol. The first-order valence-corrected chi connectivity index (χ1v) is 5.97. The zero-order chi connectivity index (χ0) is 14.8.